The lowest BCUT2D eigenvalue weighted by Gasteiger charge is -2.27. The molecule has 1 aromatic carbocycles. The summed E-state index contributed by atoms with van der Waals surface area (Å²) in [6, 6.07) is 6.32. The number of nitrogens with one attached hydrogen (secondary N) is 2. The largest absolute Gasteiger partial charge is 0.449 e. The molecule has 0 spiro atoms. The molecule has 5 nitrogen and oxygen atoms in total. The number of halogens is 3. The van der Waals surface area contributed by atoms with Gasteiger partial charge in [-0.05, 0) is 29.5 Å². The molecular weight excluding hydrogens is 369 g/mol. The van der Waals surface area contributed by atoms with E-state index < -0.39 is 17.6 Å². The van der Waals surface area contributed by atoms with E-state index in [0.29, 0.717) is 31.0 Å². The molecule has 3 heterocycles. The molecule has 0 bridgehead atoms. The predicted octanol–water partition coefficient (Wildman–Crippen LogP) is 3.95. The van der Waals surface area contributed by atoms with E-state index in [4.69, 9.17) is 0 Å². The van der Waals surface area contributed by atoms with Crippen molar-refractivity contribution >= 4 is 10.9 Å². The molecule has 148 valence electrons. The van der Waals surface area contributed by atoms with Crippen LogP contribution in [0.2, 0.25) is 0 Å². The first-order chi connectivity index (χ1) is 13.2. The summed E-state index contributed by atoms with van der Waals surface area (Å²) < 4.78 is 38.9. The molecule has 8 heteroatoms. The first kappa shape index (κ1) is 18.7. The Morgan fingerprint density at radius 1 is 1.29 bits per heavy atom. The van der Waals surface area contributed by atoms with Crippen molar-refractivity contribution < 1.29 is 13.2 Å². The quantitative estimate of drug-likeness (QED) is 0.712. The average Bonchev–Trinajstić information content (AvgIpc) is 3.02. The van der Waals surface area contributed by atoms with Crippen molar-refractivity contribution in [3.8, 4) is 0 Å². The molecule has 0 atom stereocenters. The summed E-state index contributed by atoms with van der Waals surface area (Å²) in [5, 5.41) is 1.10. The summed E-state index contributed by atoms with van der Waals surface area (Å²) >= 11 is 0. The van der Waals surface area contributed by atoms with E-state index >= 15 is 0 Å². The van der Waals surface area contributed by atoms with Gasteiger partial charge in [-0.2, -0.15) is 13.2 Å². The van der Waals surface area contributed by atoms with Crippen molar-refractivity contribution in [3.05, 3.63) is 63.0 Å². The van der Waals surface area contributed by atoms with E-state index in [1.165, 1.54) is 5.56 Å². The minimum Gasteiger partial charge on any atom is -0.361 e. The maximum absolute atomic E-state index is 13.0. The fourth-order valence-electron chi connectivity index (χ4n) is 3.70. The van der Waals surface area contributed by atoms with Gasteiger partial charge in [-0.3, -0.25) is 9.69 Å². The van der Waals surface area contributed by atoms with Crippen LogP contribution >= 0.6 is 0 Å². The van der Waals surface area contributed by atoms with Gasteiger partial charge in [0.25, 0.3) is 5.56 Å². The molecule has 0 amide bonds. The van der Waals surface area contributed by atoms with Crippen molar-refractivity contribution in [2.75, 3.05) is 6.54 Å². The standard InChI is InChI=1S/C20H21F3N4O/c1-11(2)12-3-4-14-13(8-24-16(14)7-12)9-27-6-5-15-17(10-27)25-19(20(21,22)23)26-18(15)28/h3-4,7-8,11,24H,5-6,9-10H2,1-2H3,(H,25,26,28). The lowest BCUT2D eigenvalue weighted by Crippen LogP contribution is -2.36. The number of rotatable bonds is 3. The van der Waals surface area contributed by atoms with Gasteiger partial charge < -0.3 is 9.97 Å². The first-order valence-electron chi connectivity index (χ1n) is 9.24. The number of fused-ring (bicyclic) bond motifs is 2. The third-order valence-electron chi connectivity index (χ3n) is 5.27. The van der Waals surface area contributed by atoms with Crippen molar-refractivity contribution in [2.45, 2.75) is 45.5 Å². The minimum atomic E-state index is -4.67. The van der Waals surface area contributed by atoms with Gasteiger partial charge >= 0.3 is 6.18 Å². The second-order valence-electron chi connectivity index (χ2n) is 7.57. The molecule has 0 unspecified atom stereocenters. The van der Waals surface area contributed by atoms with Crippen LogP contribution in [0.3, 0.4) is 0 Å². The number of nitrogens with zero attached hydrogens (tertiary/aromatic N) is 2. The van der Waals surface area contributed by atoms with Gasteiger partial charge in [0.2, 0.25) is 5.82 Å². The van der Waals surface area contributed by atoms with Crippen LogP contribution in [-0.4, -0.2) is 26.4 Å². The molecule has 0 saturated carbocycles. The first-order valence-corrected chi connectivity index (χ1v) is 9.24. The minimum absolute atomic E-state index is 0.212. The Morgan fingerprint density at radius 3 is 2.79 bits per heavy atom. The Bertz CT molecular complexity index is 1080. The molecule has 4 rings (SSSR count). The van der Waals surface area contributed by atoms with Gasteiger partial charge in [0.1, 0.15) is 0 Å². The normalized spacial score (nSPS) is 15.4. The van der Waals surface area contributed by atoms with E-state index in [0.717, 1.165) is 16.5 Å². The number of hydrogen-bond donors (Lipinski definition) is 2. The molecular formula is C20H21F3N4O. The Morgan fingerprint density at radius 2 is 2.07 bits per heavy atom. The number of aromatic amines is 2. The van der Waals surface area contributed by atoms with Crippen molar-refractivity contribution in [1.82, 2.24) is 19.9 Å². The SMILES string of the molecule is CC(C)c1ccc2c(CN3CCc4c(nc(C(F)(F)F)[nH]c4=O)C3)c[nH]c2c1. The van der Waals surface area contributed by atoms with Crippen LogP contribution in [0.1, 0.15) is 48.0 Å². The topological polar surface area (TPSA) is 64.8 Å². The maximum Gasteiger partial charge on any atom is 0.449 e. The summed E-state index contributed by atoms with van der Waals surface area (Å²) in [6.45, 7) is 5.68. The lowest BCUT2D eigenvalue weighted by atomic mass is 10.0. The van der Waals surface area contributed by atoms with Gasteiger partial charge in [0.15, 0.2) is 0 Å². The zero-order valence-corrected chi connectivity index (χ0v) is 15.7. The fourth-order valence-corrected chi connectivity index (χ4v) is 3.70. The van der Waals surface area contributed by atoms with Gasteiger partial charge in [-0.15, -0.1) is 0 Å². The maximum atomic E-state index is 13.0. The molecule has 0 saturated heterocycles. The molecule has 3 aromatic rings. The zero-order chi connectivity index (χ0) is 20.1. The van der Waals surface area contributed by atoms with Crippen LogP contribution in [0.5, 0.6) is 0 Å². The highest BCUT2D eigenvalue weighted by atomic mass is 19.4. The smallest absolute Gasteiger partial charge is 0.361 e. The highest BCUT2D eigenvalue weighted by Crippen LogP contribution is 2.28. The third-order valence-corrected chi connectivity index (χ3v) is 5.27. The molecule has 2 aromatic heterocycles. The van der Waals surface area contributed by atoms with Crippen molar-refractivity contribution in [2.24, 2.45) is 0 Å². The highest BCUT2D eigenvalue weighted by Gasteiger charge is 2.36. The van der Waals surface area contributed by atoms with Crippen LogP contribution in [0.15, 0.2) is 29.2 Å². The highest BCUT2D eigenvalue weighted by molar-refractivity contribution is 5.83. The van der Waals surface area contributed by atoms with E-state index in [-0.39, 0.29) is 12.2 Å². The van der Waals surface area contributed by atoms with E-state index in [1.54, 1.807) is 0 Å². The zero-order valence-electron chi connectivity index (χ0n) is 15.7. The molecule has 28 heavy (non-hydrogen) atoms. The van der Waals surface area contributed by atoms with E-state index in [2.05, 4.69) is 42.0 Å². The number of aromatic nitrogens is 3. The number of H-pyrrole nitrogens is 2. The summed E-state index contributed by atoms with van der Waals surface area (Å²) in [7, 11) is 0. The van der Waals surface area contributed by atoms with Crippen LogP contribution in [-0.2, 0) is 25.7 Å². The van der Waals surface area contributed by atoms with Crippen LogP contribution in [0.4, 0.5) is 13.2 Å². The Labute approximate surface area is 159 Å². The van der Waals surface area contributed by atoms with Gasteiger partial charge in [0.05, 0.1) is 5.69 Å². The van der Waals surface area contributed by atoms with E-state index in [1.807, 2.05) is 16.1 Å². The van der Waals surface area contributed by atoms with Gasteiger partial charge in [-0.25, -0.2) is 4.98 Å². The molecule has 0 fully saturated rings. The predicted molar refractivity (Wildman–Crippen MR) is 100 cm³/mol. The molecule has 2 N–H and O–H groups in total. The van der Waals surface area contributed by atoms with Crippen molar-refractivity contribution in [3.63, 3.8) is 0 Å². The molecule has 1 aliphatic heterocycles. The van der Waals surface area contributed by atoms with Gasteiger partial charge in [0, 0.05) is 42.3 Å². The average molecular weight is 390 g/mol. The fraction of sp³-hybridized carbons (Fsp3) is 0.400. The summed E-state index contributed by atoms with van der Waals surface area (Å²) in [5.41, 5.74) is 3.25. The van der Waals surface area contributed by atoms with Crippen LogP contribution in [0.25, 0.3) is 10.9 Å². The van der Waals surface area contributed by atoms with Gasteiger partial charge in [-0.1, -0.05) is 26.0 Å². The number of benzene rings is 1. The van der Waals surface area contributed by atoms with E-state index in [9.17, 15) is 18.0 Å². The monoisotopic (exact) mass is 390 g/mol. The number of alkyl halides is 3. The lowest BCUT2D eigenvalue weighted by molar-refractivity contribution is -0.145. The second kappa shape index (κ2) is 6.77. The Balaban J connectivity index is 1.59. The molecule has 0 aliphatic carbocycles. The van der Waals surface area contributed by atoms with Crippen molar-refractivity contribution in [1.29, 1.82) is 0 Å². The Kier molecular flexibility index (Phi) is 4.53. The summed E-state index contributed by atoms with van der Waals surface area (Å²) in [6.07, 6.45) is -2.34. The molecule has 0 radical (unpaired) electrons. The summed E-state index contributed by atoms with van der Waals surface area (Å²) in [4.78, 5) is 22.9. The third kappa shape index (κ3) is 3.44. The summed E-state index contributed by atoms with van der Waals surface area (Å²) in [5.74, 6) is -0.798. The molecule has 1 aliphatic rings. The van der Waals surface area contributed by atoms with Crippen LogP contribution < -0.4 is 5.56 Å². The number of hydrogen-bond acceptors (Lipinski definition) is 3. The Hall–Kier alpha value is -2.61. The second-order valence-corrected chi connectivity index (χ2v) is 7.57. The van der Waals surface area contributed by atoms with Crippen LogP contribution in [0, 0.1) is 0 Å².